The molecule has 1 atom stereocenters. The molecule has 1 aliphatic heterocycles. The van der Waals surface area contributed by atoms with Gasteiger partial charge in [-0.25, -0.2) is 23.2 Å². The van der Waals surface area contributed by atoms with E-state index in [9.17, 15) is 27.6 Å². The first kappa shape index (κ1) is 24.7. The molecule has 1 heterocycles. The SMILES string of the molecule is CC(=O)N1CCN(C(=O)C[C@H](N)Cc2cc(F)c(F)cc2F)CCN1C(C)=O.Cl. The zero-order valence-electron chi connectivity index (χ0n) is 16.2. The lowest BCUT2D eigenvalue weighted by Gasteiger charge is -2.30. The minimum atomic E-state index is -1.29. The van der Waals surface area contributed by atoms with Gasteiger partial charge < -0.3 is 10.6 Å². The first-order valence-corrected chi connectivity index (χ1v) is 8.83. The number of hydrogen-bond acceptors (Lipinski definition) is 4. The molecule has 0 saturated carbocycles. The number of carbonyl (C=O) groups excluding carboxylic acids is 3. The van der Waals surface area contributed by atoms with E-state index in [2.05, 4.69) is 0 Å². The van der Waals surface area contributed by atoms with Crippen molar-refractivity contribution in [2.24, 2.45) is 5.73 Å². The van der Waals surface area contributed by atoms with Crippen molar-refractivity contribution in [3.05, 3.63) is 35.1 Å². The van der Waals surface area contributed by atoms with Crippen LogP contribution < -0.4 is 5.73 Å². The first-order valence-electron chi connectivity index (χ1n) is 8.83. The number of halogens is 4. The fourth-order valence-corrected chi connectivity index (χ4v) is 3.12. The molecule has 1 aliphatic rings. The molecule has 0 aliphatic carbocycles. The van der Waals surface area contributed by atoms with Crippen LogP contribution in [0.3, 0.4) is 0 Å². The van der Waals surface area contributed by atoms with Crippen LogP contribution in [0.2, 0.25) is 0 Å². The molecular weight excluding hydrogens is 413 g/mol. The molecular formula is C18H24ClF3N4O3. The molecule has 0 aromatic heterocycles. The van der Waals surface area contributed by atoms with Crippen molar-refractivity contribution in [2.75, 3.05) is 26.2 Å². The molecule has 3 amide bonds. The Balaban J connectivity index is 0.00000420. The van der Waals surface area contributed by atoms with Gasteiger partial charge in [-0.15, -0.1) is 12.4 Å². The Morgan fingerprint density at radius 2 is 1.41 bits per heavy atom. The van der Waals surface area contributed by atoms with Crippen molar-refractivity contribution in [1.82, 2.24) is 14.9 Å². The Morgan fingerprint density at radius 3 is 1.90 bits per heavy atom. The van der Waals surface area contributed by atoms with Gasteiger partial charge in [0.15, 0.2) is 11.6 Å². The zero-order chi connectivity index (χ0) is 21.0. The lowest BCUT2D eigenvalue weighted by atomic mass is 10.0. The summed E-state index contributed by atoms with van der Waals surface area (Å²) in [6, 6.07) is 0.375. The second-order valence-electron chi connectivity index (χ2n) is 6.69. The number of amides is 3. The summed E-state index contributed by atoms with van der Waals surface area (Å²) in [4.78, 5) is 37.4. The minimum absolute atomic E-state index is 0. The average molecular weight is 437 g/mol. The Hall–Kier alpha value is -2.33. The Morgan fingerprint density at radius 1 is 0.931 bits per heavy atom. The summed E-state index contributed by atoms with van der Waals surface area (Å²) in [5.74, 6) is -4.35. The van der Waals surface area contributed by atoms with Crippen LogP contribution in [0.25, 0.3) is 0 Å². The van der Waals surface area contributed by atoms with Gasteiger partial charge in [-0.05, 0) is 18.1 Å². The zero-order valence-corrected chi connectivity index (χ0v) is 17.0. The third-order valence-corrected chi connectivity index (χ3v) is 4.54. The Bertz CT molecular complexity index is 757. The van der Waals surface area contributed by atoms with E-state index in [-0.39, 0.29) is 74.7 Å². The lowest BCUT2D eigenvalue weighted by molar-refractivity contribution is -0.159. The molecule has 0 bridgehead atoms. The van der Waals surface area contributed by atoms with Crippen molar-refractivity contribution < 1.29 is 27.6 Å². The third-order valence-electron chi connectivity index (χ3n) is 4.54. The van der Waals surface area contributed by atoms with E-state index >= 15 is 0 Å². The molecule has 1 aromatic carbocycles. The summed E-state index contributed by atoms with van der Waals surface area (Å²) >= 11 is 0. The summed E-state index contributed by atoms with van der Waals surface area (Å²) in [6.07, 6.45) is -0.277. The van der Waals surface area contributed by atoms with Crippen molar-refractivity contribution >= 4 is 30.1 Å². The van der Waals surface area contributed by atoms with Crippen LogP contribution in [-0.4, -0.2) is 64.9 Å². The van der Waals surface area contributed by atoms with Gasteiger partial charge in [0.1, 0.15) is 5.82 Å². The molecule has 1 aromatic rings. The predicted molar refractivity (Wildman–Crippen MR) is 101 cm³/mol. The highest BCUT2D eigenvalue weighted by atomic mass is 35.5. The van der Waals surface area contributed by atoms with Crippen molar-refractivity contribution in [3.8, 4) is 0 Å². The van der Waals surface area contributed by atoms with Gasteiger partial charge in [-0.3, -0.25) is 14.4 Å². The predicted octanol–water partition coefficient (Wildman–Crippen LogP) is 1.24. The van der Waals surface area contributed by atoms with Crippen LogP contribution >= 0.6 is 12.4 Å². The van der Waals surface area contributed by atoms with Gasteiger partial charge in [0, 0.05) is 45.5 Å². The first-order chi connectivity index (χ1) is 13.1. The van der Waals surface area contributed by atoms with E-state index in [1.807, 2.05) is 0 Å². The number of carbonyl (C=O) groups is 3. The van der Waals surface area contributed by atoms with Crippen molar-refractivity contribution in [1.29, 1.82) is 0 Å². The molecule has 0 radical (unpaired) electrons. The van der Waals surface area contributed by atoms with Gasteiger partial charge >= 0.3 is 0 Å². The third kappa shape index (κ3) is 6.33. The molecule has 2 rings (SSSR count). The second-order valence-corrected chi connectivity index (χ2v) is 6.69. The van der Waals surface area contributed by atoms with Gasteiger partial charge in [0.25, 0.3) is 0 Å². The quantitative estimate of drug-likeness (QED) is 0.719. The molecule has 7 nitrogen and oxygen atoms in total. The van der Waals surface area contributed by atoms with E-state index in [1.165, 1.54) is 28.8 Å². The highest BCUT2D eigenvalue weighted by molar-refractivity contribution is 5.85. The van der Waals surface area contributed by atoms with Crippen LogP contribution in [0.1, 0.15) is 25.8 Å². The van der Waals surface area contributed by atoms with Crippen LogP contribution in [0.4, 0.5) is 13.2 Å². The van der Waals surface area contributed by atoms with Crippen LogP contribution in [-0.2, 0) is 20.8 Å². The minimum Gasteiger partial charge on any atom is -0.339 e. The number of rotatable bonds is 4. The maximum atomic E-state index is 13.7. The topological polar surface area (TPSA) is 86.9 Å². The van der Waals surface area contributed by atoms with Gasteiger partial charge in [0.2, 0.25) is 17.7 Å². The molecule has 11 heteroatoms. The fraction of sp³-hybridized carbons (Fsp3) is 0.500. The van der Waals surface area contributed by atoms with E-state index in [1.54, 1.807) is 0 Å². The summed E-state index contributed by atoms with van der Waals surface area (Å²) in [6.45, 7) is 3.42. The molecule has 1 saturated heterocycles. The van der Waals surface area contributed by atoms with Crippen LogP contribution in [0, 0.1) is 17.5 Å². The standard InChI is InChI=1S/C18H23F3N4O3.ClH/c1-11(26)24-5-3-23(4-6-25(24)12(2)27)18(28)9-14(22)7-13-8-16(20)17(21)10-15(13)19;/h8,10,14H,3-7,9,22H2,1-2H3;1H/t14-;/m1./s1. The second kappa shape index (κ2) is 10.4. The number of hydrogen-bond donors (Lipinski definition) is 1. The number of benzene rings is 1. The van der Waals surface area contributed by atoms with E-state index in [4.69, 9.17) is 5.73 Å². The maximum absolute atomic E-state index is 13.7. The molecule has 2 N–H and O–H groups in total. The molecule has 29 heavy (non-hydrogen) atoms. The van der Waals surface area contributed by atoms with Crippen LogP contribution in [0.5, 0.6) is 0 Å². The van der Waals surface area contributed by atoms with Crippen LogP contribution in [0.15, 0.2) is 12.1 Å². The molecule has 0 spiro atoms. The normalized spacial score (nSPS) is 15.4. The van der Waals surface area contributed by atoms with Gasteiger partial charge in [-0.1, -0.05) is 0 Å². The smallest absolute Gasteiger partial charge is 0.238 e. The monoisotopic (exact) mass is 436 g/mol. The summed E-state index contributed by atoms with van der Waals surface area (Å²) in [5, 5.41) is 2.57. The number of nitrogens with zero attached hydrogens (tertiary/aromatic N) is 3. The number of nitrogens with two attached hydrogens (primary N) is 1. The number of hydrazine groups is 1. The Labute approximate surface area is 173 Å². The summed E-state index contributed by atoms with van der Waals surface area (Å²) in [5.41, 5.74) is 5.79. The van der Waals surface area contributed by atoms with E-state index in [0.717, 1.165) is 6.07 Å². The van der Waals surface area contributed by atoms with Gasteiger partial charge in [-0.2, -0.15) is 0 Å². The summed E-state index contributed by atoms with van der Waals surface area (Å²) in [7, 11) is 0. The summed E-state index contributed by atoms with van der Waals surface area (Å²) < 4.78 is 40.0. The average Bonchev–Trinajstić information content (AvgIpc) is 2.82. The highest BCUT2D eigenvalue weighted by Crippen LogP contribution is 2.16. The van der Waals surface area contributed by atoms with Crippen molar-refractivity contribution in [3.63, 3.8) is 0 Å². The maximum Gasteiger partial charge on any atom is 0.238 e. The molecule has 0 unspecified atom stereocenters. The Kier molecular flexibility index (Phi) is 8.90. The largest absolute Gasteiger partial charge is 0.339 e. The molecule has 1 fully saturated rings. The highest BCUT2D eigenvalue weighted by Gasteiger charge is 2.28. The van der Waals surface area contributed by atoms with E-state index in [0.29, 0.717) is 6.07 Å². The van der Waals surface area contributed by atoms with Crippen molar-refractivity contribution in [2.45, 2.75) is 32.7 Å². The fourth-order valence-electron chi connectivity index (χ4n) is 3.12. The van der Waals surface area contributed by atoms with E-state index < -0.39 is 23.5 Å². The molecule has 162 valence electrons. The van der Waals surface area contributed by atoms with Gasteiger partial charge in [0.05, 0.1) is 13.1 Å². The lowest BCUT2D eigenvalue weighted by Crippen LogP contribution is -2.48.